The number of carbonyl (C=O) groups excluding carboxylic acids is 2. The fourth-order valence-electron chi connectivity index (χ4n) is 4.75. The Labute approximate surface area is 271 Å². The third kappa shape index (κ3) is 21.1. The molecule has 0 saturated carbocycles. The maximum atomic E-state index is 13.8. The number of esters is 2. The van der Waals surface area contributed by atoms with Crippen molar-refractivity contribution in [2.24, 2.45) is 0 Å². The van der Waals surface area contributed by atoms with E-state index in [4.69, 9.17) is 18.5 Å². The van der Waals surface area contributed by atoms with Gasteiger partial charge in [-0.3, -0.25) is 24.2 Å². The van der Waals surface area contributed by atoms with Crippen molar-refractivity contribution in [3.63, 3.8) is 0 Å². The molecule has 11 heteroatoms. The van der Waals surface area contributed by atoms with Crippen molar-refractivity contribution in [2.45, 2.75) is 149 Å². The summed E-state index contributed by atoms with van der Waals surface area (Å²) in [5, 5.41) is 11.0. The first-order chi connectivity index (χ1) is 21.7. The summed E-state index contributed by atoms with van der Waals surface area (Å²) in [4.78, 5) is 35.6. The number of nitro benzene ring substituents is 1. The number of nitro groups is 1. The highest BCUT2D eigenvalue weighted by Crippen LogP contribution is 2.49. The number of benzene rings is 1. The summed E-state index contributed by atoms with van der Waals surface area (Å²) >= 11 is 0. The second-order valence-electron chi connectivity index (χ2n) is 11.7. The molecule has 1 aromatic rings. The molecule has 2 atom stereocenters. The van der Waals surface area contributed by atoms with Crippen molar-refractivity contribution in [3.05, 3.63) is 34.4 Å². The zero-order chi connectivity index (χ0) is 33.2. The zero-order valence-electron chi connectivity index (χ0n) is 28.0. The van der Waals surface area contributed by atoms with Crippen LogP contribution in [0.3, 0.4) is 0 Å². The van der Waals surface area contributed by atoms with E-state index in [1.54, 1.807) is 0 Å². The molecule has 0 aromatic heterocycles. The first-order valence-corrected chi connectivity index (χ1v) is 19.0. The molecule has 45 heavy (non-hydrogen) atoms. The summed E-state index contributed by atoms with van der Waals surface area (Å²) in [7, 11) is -3.73. The maximum absolute atomic E-state index is 13.8. The number of rotatable bonds is 29. The highest BCUT2D eigenvalue weighted by atomic mass is 31.2. The molecule has 0 saturated heterocycles. The fourth-order valence-corrected chi connectivity index (χ4v) is 6.47. The lowest BCUT2D eigenvalue weighted by Gasteiger charge is -2.23. The lowest BCUT2D eigenvalue weighted by Crippen LogP contribution is -2.30. The van der Waals surface area contributed by atoms with E-state index < -0.39 is 24.6 Å². The van der Waals surface area contributed by atoms with Gasteiger partial charge in [-0.2, -0.15) is 0 Å². The van der Waals surface area contributed by atoms with E-state index in [0.717, 1.165) is 57.8 Å². The highest BCUT2D eigenvalue weighted by molar-refractivity contribution is 7.54. The summed E-state index contributed by atoms with van der Waals surface area (Å²) < 4.78 is 36.4. The van der Waals surface area contributed by atoms with Crippen molar-refractivity contribution < 1.29 is 37.6 Å². The second-order valence-corrected chi connectivity index (χ2v) is 13.8. The van der Waals surface area contributed by atoms with Crippen LogP contribution in [0, 0.1) is 10.1 Å². The SMILES string of the molecule is CCCCCCCCCC(=O)OC[C@@H](COP(=O)(CCCCC)Oc1ccc([N+](=O)[O-])cc1)OC(=O)CCCCCCCCC. The van der Waals surface area contributed by atoms with Crippen LogP contribution in [-0.2, 0) is 28.2 Å². The fraction of sp³-hybridized carbons (Fsp3) is 0.765. The number of unbranched alkanes of at least 4 members (excludes halogenated alkanes) is 14. The van der Waals surface area contributed by atoms with Crippen LogP contribution in [0.1, 0.15) is 143 Å². The van der Waals surface area contributed by atoms with Gasteiger partial charge in [0.15, 0.2) is 6.10 Å². The molecular weight excluding hydrogens is 597 g/mol. The van der Waals surface area contributed by atoms with Gasteiger partial charge < -0.3 is 14.0 Å². The maximum Gasteiger partial charge on any atom is 0.379 e. The van der Waals surface area contributed by atoms with Crippen molar-refractivity contribution in [3.8, 4) is 5.75 Å². The molecule has 0 aliphatic heterocycles. The molecule has 0 aliphatic carbocycles. The van der Waals surface area contributed by atoms with E-state index in [-0.39, 0.29) is 49.6 Å². The van der Waals surface area contributed by atoms with Gasteiger partial charge >= 0.3 is 19.5 Å². The van der Waals surface area contributed by atoms with Crippen LogP contribution in [0.2, 0.25) is 0 Å². The van der Waals surface area contributed by atoms with Gasteiger partial charge in [0.25, 0.3) is 5.69 Å². The monoisotopic (exact) mass is 655 g/mol. The zero-order valence-corrected chi connectivity index (χ0v) is 28.9. The van der Waals surface area contributed by atoms with Crippen molar-refractivity contribution in [1.82, 2.24) is 0 Å². The molecule has 1 aromatic carbocycles. The topological polar surface area (TPSA) is 131 Å². The lowest BCUT2D eigenvalue weighted by molar-refractivity contribution is -0.384. The van der Waals surface area contributed by atoms with Crippen molar-refractivity contribution in [1.29, 1.82) is 0 Å². The summed E-state index contributed by atoms with van der Waals surface area (Å²) in [6, 6.07) is 5.29. The van der Waals surface area contributed by atoms with E-state index in [1.807, 2.05) is 6.92 Å². The first-order valence-electron chi connectivity index (χ1n) is 17.3. The predicted octanol–water partition coefficient (Wildman–Crippen LogP) is 10.1. The normalized spacial score (nSPS) is 13.1. The minimum Gasteiger partial charge on any atom is -0.462 e. The van der Waals surface area contributed by atoms with E-state index >= 15 is 0 Å². The Hall–Kier alpha value is -2.45. The Bertz CT molecular complexity index is 986. The van der Waals surface area contributed by atoms with Gasteiger partial charge in [-0.25, -0.2) is 4.57 Å². The lowest BCUT2D eigenvalue weighted by atomic mass is 10.1. The van der Waals surface area contributed by atoms with Gasteiger partial charge in [0.05, 0.1) is 17.7 Å². The predicted molar refractivity (Wildman–Crippen MR) is 178 cm³/mol. The summed E-state index contributed by atoms with van der Waals surface area (Å²) in [5.41, 5.74) is -0.115. The van der Waals surface area contributed by atoms with Gasteiger partial charge in [0, 0.05) is 25.0 Å². The van der Waals surface area contributed by atoms with Gasteiger partial charge in [-0.05, 0) is 31.4 Å². The number of nitrogens with zero attached hydrogens (tertiary/aromatic N) is 1. The van der Waals surface area contributed by atoms with Crippen LogP contribution in [0.4, 0.5) is 5.69 Å². The van der Waals surface area contributed by atoms with Crippen LogP contribution in [0.5, 0.6) is 5.75 Å². The molecule has 0 radical (unpaired) electrons. The van der Waals surface area contributed by atoms with E-state index in [2.05, 4.69) is 13.8 Å². The second kappa shape index (κ2) is 25.7. The quantitative estimate of drug-likeness (QED) is 0.0272. The van der Waals surface area contributed by atoms with Gasteiger partial charge in [0.2, 0.25) is 0 Å². The van der Waals surface area contributed by atoms with Gasteiger partial charge in [-0.15, -0.1) is 0 Å². The van der Waals surface area contributed by atoms with Crippen molar-refractivity contribution in [2.75, 3.05) is 19.4 Å². The van der Waals surface area contributed by atoms with Crippen LogP contribution >= 0.6 is 7.60 Å². The van der Waals surface area contributed by atoms with Crippen LogP contribution in [0.15, 0.2) is 24.3 Å². The number of hydrogen-bond acceptors (Lipinski definition) is 9. The number of hydrogen-bond donors (Lipinski definition) is 0. The molecule has 0 amide bonds. The Morgan fingerprint density at radius 3 is 1.73 bits per heavy atom. The molecule has 0 N–H and O–H groups in total. The smallest absolute Gasteiger partial charge is 0.379 e. The van der Waals surface area contributed by atoms with Gasteiger partial charge in [0.1, 0.15) is 12.4 Å². The summed E-state index contributed by atoms with van der Waals surface area (Å²) in [5.74, 6) is -0.614. The minimum atomic E-state index is -3.73. The third-order valence-corrected chi connectivity index (χ3v) is 9.38. The summed E-state index contributed by atoms with van der Waals surface area (Å²) in [6.45, 7) is 5.90. The largest absolute Gasteiger partial charge is 0.462 e. The first kappa shape index (κ1) is 40.6. The van der Waals surface area contributed by atoms with E-state index in [0.29, 0.717) is 12.8 Å². The Balaban J connectivity index is 2.78. The standard InChI is InChI=1S/C34H58NO9P/c1-4-7-10-12-14-16-18-21-33(36)41-28-32(43-34(37)22-19-17-15-13-11-8-5-2)29-42-45(40,27-20-9-6-3)44-31-25-23-30(24-26-31)35(38)39/h23-26,32H,4-22,27-29H2,1-3H3/t32-,45?/m0/s1. The molecule has 258 valence electrons. The number of carbonyl (C=O) groups is 2. The van der Waals surface area contributed by atoms with Crippen LogP contribution in [0.25, 0.3) is 0 Å². The van der Waals surface area contributed by atoms with Crippen LogP contribution < -0.4 is 4.52 Å². The number of ether oxygens (including phenoxy) is 2. The molecule has 0 fully saturated rings. The molecule has 1 unspecified atom stereocenters. The van der Waals surface area contributed by atoms with E-state index in [9.17, 15) is 24.3 Å². The molecular formula is C34H58NO9P. The van der Waals surface area contributed by atoms with Gasteiger partial charge in [-0.1, -0.05) is 111 Å². The molecule has 0 spiro atoms. The molecule has 0 bridgehead atoms. The van der Waals surface area contributed by atoms with Crippen molar-refractivity contribution >= 4 is 25.2 Å². The average molecular weight is 656 g/mol. The Morgan fingerprint density at radius 2 is 1.20 bits per heavy atom. The number of non-ortho nitro benzene ring substituents is 1. The van der Waals surface area contributed by atoms with Crippen LogP contribution in [-0.4, -0.2) is 42.3 Å². The molecule has 0 aliphatic rings. The Kier molecular flexibility index (Phi) is 23.2. The highest BCUT2D eigenvalue weighted by Gasteiger charge is 2.29. The summed E-state index contributed by atoms with van der Waals surface area (Å²) in [6.07, 6.45) is 17.0. The molecule has 0 heterocycles. The average Bonchev–Trinajstić information content (AvgIpc) is 3.02. The molecule has 10 nitrogen and oxygen atoms in total. The third-order valence-electron chi connectivity index (χ3n) is 7.48. The minimum absolute atomic E-state index is 0.115. The van der Waals surface area contributed by atoms with E-state index in [1.165, 1.54) is 62.8 Å². The Morgan fingerprint density at radius 1 is 0.711 bits per heavy atom. The molecule has 1 rings (SSSR count).